The van der Waals surface area contributed by atoms with Crippen LogP contribution in [-0.4, -0.2) is 45.5 Å². The zero-order valence-corrected chi connectivity index (χ0v) is 11.8. The third-order valence-electron chi connectivity index (χ3n) is 3.03. The number of carbonyl (C=O) groups excluding carboxylic acids is 1. The fourth-order valence-corrected chi connectivity index (χ4v) is 1.90. The maximum atomic E-state index is 11.2. The summed E-state index contributed by atoms with van der Waals surface area (Å²) < 4.78 is 4.79. The van der Waals surface area contributed by atoms with Crippen molar-refractivity contribution >= 4 is 13.8 Å². The van der Waals surface area contributed by atoms with Crippen molar-refractivity contribution in [2.45, 2.75) is 25.6 Å². The monoisotopic (exact) mass is 259 g/mol. The van der Waals surface area contributed by atoms with Gasteiger partial charge in [-0.1, -0.05) is 30.3 Å². The van der Waals surface area contributed by atoms with Gasteiger partial charge in [0.1, 0.15) is 0 Å². The summed E-state index contributed by atoms with van der Waals surface area (Å²) in [4.78, 5) is 13.6. The summed E-state index contributed by atoms with van der Waals surface area (Å²) in [5.41, 5.74) is 0.779. The third-order valence-corrected chi connectivity index (χ3v) is 3.03. The zero-order valence-electron chi connectivity index (χ0n) is 11.8. The number of benzene rings is 1. The quantitative estimate of drug-likeness (QED) is 0.615. The molecule has 0 amide bonds. The summed E-state index contributed by atoms with van der Waals surface area (Å²) in [5.74, 6) is -1.05. The molecule has 0 spiro atoms. The molecule has 4 heteroatoms. The Labute approximate surface area is 117 Å². The molecule has 1 aromatic carbocycles. The maximum Gasteiger partial charge on any atom is 0.304 e. The molecule has 0 unspecified atom stereocenters. The van der Waals surface area contributed by atoms with E-state index in [4.69, 9.17) is 12.6 Å². The number of nitrogens with zero attached hydrogens (tertiary/aromatic N) is 1. The van der Waals surface area contributed by atoms with E-state index in [2.05, 4.69) is 11.9 Å². The van der Waals surface area contributed by atoms with E-state index in [9.17, 15) is 4.79 Å². The van der Waals surface area contributed by atoms with Crippen LogP contribution in [0.25, 0.3) is 0 Å². The van der Waals surface area contributed by atoms with Gasteiger partial charge in [-0.2, -0.15) is 0 Å². The van der Waals surface area contributed by atoms with E-state index in [-0.39, 0.29) is 5.97 Å². The fraction of sp³-hybridized carbons (Fsp3) is 0.533. The molecule has 0 aromatic heterocycles. The minimum absolute atomic E-state index is 0.360. The first-order valence-corrected chi connectivity index (χ1v) is 6.81. The number of rotatable bonds is 3. The molecule has 19 heavy (non-hydrogen) atoms. The number of carbonyl (C=O) groups is 1. The lowest BCUT2D eigenvalue weighted by Crippen LogP contribution is -2.15. The van der Waals surface area contributed by atoms with Gasteiger partial charge in [-0.15, -0.1) is 0 Å². The van der Waals surface area contributed by atoms with E-state index in [0.29, 0.717) is 6.61 Å². The first-order valence-electron chi connectivity index (χ1n) is 6.81. The highest BCUT2D eigenvalue weighted by Crippen LogP contribution is 2.12. The zero-order chi connectivity index (χ0) is 14.1. The normalized spacial score (nSPS) is 16.3. The van der Waals surface area contributed by atoms with Crippen molar-refractivity contribution in [1.29, 1.82) is 0 Å². The summed E-state index contributed by atoms with van der Waals surface area (Å²) in [6.07, 6.45) is 2.83. The molecular weight excluding hydrogens is 237 g/mol. The fourth-order valence-electron chi connectivity index (χ4n) is 1.90. The van der Waals surface area contributed by atoms with Crippen LogP contribution < -0.4 is 0 Å². The summed E-state index contributed by atoms with van der Waals surface area (Å²) in [5, 5.41) is 0. The minimum Gasteiger partial charge on any atom is -0.466 e. The van der Waals surface area contributed by atoms with E-state index in [1.165, 1.54) is 25.9 Å². The van der Waals surface area contributed by atoms with Gasteiger partial charge >= 0.3 is 5.97 Å². The third kappa shape index (κ3) is 5.93. The summed E-state index contributed by atoms with van der Waals surface area (Å²) in [7, 11) is 7.82. The van der Waals surface area contributed by atoms with E-state index < -0.39 is 5.82 Å². The number of likely N-dealkylation sites (tertiary alicyclic amines) is 1. The van der Waals surface area contributed by atoms with Gasteiger partial charge in [-0.05, 0) is 45.5 Å². The van der Waals surface area contributed by atoms with Crippen molar-refractivity contribution in [3.63, 3.8) is 0 Å². The molecule has 0 aliphatic carbocycles. The lowest BCUT2D eigenvalue weighted by atomic mass is 9.81. The topological polar surface area (TPSA) is 29.5 Å². The molecule has 1 aromatic rings. The Bertz CT molecular complexity index is 364. The van der Waals surface area contributed by atoms with Gasteiger partial charge in [-0.25, -0.2) is 0 Å². The molecule has 0 saturated carbocycles. The Morgan fingerprint density at radius 3 is 2.32 bits per heavy atom. The summed E-state index contributed by atoms with van der Waals surface area (Å²) >= 11 is 0. The van der Waals surface area contributed by atoms with Gasteiger partial charge in [0.25, 0.3) is 0 Å². The molecule has 2 radical (unpaired) electrons. The molecule has 1 aliphatic heterocycles. The van der Waals surface area contributed by atoms with Crippen molar-refractivity contribution in [1.82, 2.24) is 4.90 Å². The van der Waals surface area contributed by atoms with E-state index in [1.54, 1.807) is 6.92 Å². The molecule has 1 atom stereocenters. The molecule has 1 saturated heterocycles. The predicted octanol–water partition coefficient (Wildman–Crippen LogP) is 2.17. The molecule has 0 bridgehead atoms. The van der Waals surface area contributed by atoms with Crippen molar-refractivity contribution in [3.05, 3.63) is 35.9 Å². The van der Waals surface area contributed by atoms with Crippen LogP contribution in [0.5, 0.6) is 0 Å². The van der Waals surface area contributed by atoms with Gasteiger partial charge in [0.2, 0.25) is 0 Å². The number of ether oxygens (including phenoxy) is 1. The van der Waals surface area contributed by atoms with Crippen LogP contribution in [0.2, 0.25) is 0 Å². The van der Waals surface area contributed by atoms with Crippen LogP contribution in [-0.2, 0) is 9.53 Å². The first-order chi connectivity index (χ1) is 9.15. The Hall–Kier alpha value is -1.29. The van der Waals surface area contributed by atoms with Crippen LogP contribution in [0.15, 0.2) is 30.3 Å². The van der Waals surface area contributed by atoms with Crippen LogP contribution in [0.3, 0.4) is 0 Å². The van der Waals surface area contributed by atoms with E-state index >= 15 is 0 Å². The average molecular weight is 259 g/mol. The second kappa shape index (κ2) is 8.75. The van der Waals surface area contributed by atoms with Crippen LogP contribution >= 0.6 is 0 Å². The van der Waals surface area contributed by atoms with Gasteiger partial charge in [0, 0.05) is 5.82 Å². The second-order valence-corrected chi connectivity index (χ2v) is 4.65. The Morgan fingerprint density at radius 1 is 1.32 bits per heavy atom. The smallest absolute Gasteiger partial charge is 0.304 e. The van der Waals surface area contributed by atoms with Crippen LogP contribution in [0.1, 0.15) is 31.1 Å². The van der Waals surface area contributed by atoms with E-state index in [0.717, 1.165) is 5.56 Å². The van der Waals surface area contributed by atoms with Crippen molar-refractivity contribution in [2.75, 3.05) is 26.7 Å². The second-order valence-electron chi connectivity index (χ2n) is 4.65. The highest BCUT2D eigenvalue weighted by atomic mass is 16.5. The SMILES string of the molecule is CN1CCCC1.[B][C@@H](C(=O)OCC)c1ccccc1. The Balaban J connectivity index is 0.000000250. The van der Waals surface area contributed by atoms with Crippen molar-refractivity contribution in [3.8, 4) is 0 Å². The lowest BCUT2D eigenvalue weighted by Gasteiger charge is -2.10. The van der Waals surface area contributed by atoms with Crippen molar-refractivity contribution < 1.29 is 9.53 Å². The molecule has 1 fully saturated rings. The average Bonchev–Trinajstić information content (AvgIpc) is 2.91. The largest absolute Gasteiger partial charge is 0.466 e. The van der Waals surface area contributed by atoms with Gasteiger partial charge in [0.15, 0.2) is 0 Å². The minimum atomic E-state index is -0.666. The molecule has 0 N–H and O–H groups in total. The summed E-state index contributed by atoms with van der Waals surface area (Å²) in [6, 6.07) is 9.17. The predicted molar refractivity (Wildman–Crippen MR) is 78.3 cm³/mol. The molecule has 2 rings (SSSR count). The van der Waals surface area contributed by atoms with Gasteiger partial charge in [0.05, 0.1) is 14.5 Å². The van der Waals surface area contributed by atoms with Gasteiger partial charge in [-0.3, -0.25) is 4.79 Å². The highest BCUT2D eigenvalue weighted by Gasteiger charge is 2.14. The number of esters is 1. The maximum absolute atomic E-state index is 11.2. The number of hydrogen-bond donors (Lipinski definition) is 0. The van der Waals surface area contributed by atoms with E-state index in [1.807, 2.05) is 30.3 Å². The first kappa shape index (κ1) is 15.8. The number of hydrogen-bond acceptors (Lipinski definition) is 3. The standard InChI is InChI=1S/C10H11BO2.C5H11N/c1-2-13-10(12)9(11)8-6-4-3-5-7-8;1-6-4-2-3-5-6/h3-7,9H,2H2,1H3;2-5H2,1H3/t9-;/m1./s1. The molecule has 1 aliphatic rings. The van der Waals surface area contributed by atoms with Crippen molar-refractivity contribution in [2.24, 2.45) is 0 Å². The van der Waals surface area contributed by atoms with Crippen LogP contribution in [0, 0.1) is 0 Å². The Morgan fingerprint density at radius 2 is 1.89 bits per heavy atom. The van der Waals surface area contributed by atoms with Crippen LogP contribution in [0.4, 0.5) is 0 Å². The molecule has 3 nitrogen and oxygen atoms in total. The van der Waals surface area contributed by atoms with Gasteiger partial charge < -0.3 is 9.64 Å². The molecule has 1 heterocycles. The molecule has 102 valence electrons. The Kier molecular flexibility index (Phi) is 7.27. The summed E-state index contributed by atoms with van der Waals surface area (Å²) in [6.45, 7) is 4.76. The lowest BCUT2D eigenvalue weighted by molar-refractivity contribution is -0.142. The molecular formula is C15H22BNO2. The highest BCUT2D eigenvalue weighted by molar-refractivity contribution is 6.23.